The van der Waals surface area contributed by atoms with Crippen molar-refractivity contribution in [3.63, 3.8) is 0 Å². The molecule has 0 saturated heterocycles. The lowest BCUT2D eigenvalue weighted by Gasteiger charge is -2.04. The van der Waals surface area contributed by atoms with E-state index in [1.807, 2.05) is 0 Å². The largest absolute Gasteiger partial charge is 0.388 e. The van der Waals surface area contributed by atoms with Gasteiger partial charge < -0.3 is 35.4 Å². The summed E-state index contributed by atoms with van der Waals surface area (Å²) in [4.78, 5) is 49.2. The topological polar surface area (TPSA) is 195 Å². The van der Waals surface area contributed by atoms with Crippen molar-refractivity contribution >= 4 is 51.5 Å². The summed E-state index contributed by atoms with van der Waals surface area (Å²) in [6.07, 6.45) is 3.38. The molecule has 202 valence electrons. The van der Waals surface area contributed by atoms with Crippen LogP contribution in [0.25, 0.3) is 10.9 Å². The molecule has 0 saturated carbocycles. The highest BCUT2D eigenvalue weighted by Crippen LogP contribution is 2.28. The number of hydrogen-bond donors (Lipinski definition) is 5. The minimum atomic E-state index is -0.497. The summed E-state index contributed by atoms with van der Waals surface area (Å²) in [5.74, 6) is -1.37. The Labute approximate surface area is 222 Å². The van der Waals surface area contributed by atoms with Gasteiger partial charge in [-0.2, -0.15) is 0 Å². The molecule has 14 nitrogen and oxygen atoms in total. The Bertz CT molecular complexity index is 1640. The van der Waals surface area contributed by atoms with Crippen LogP contribution in [0.4, 0.5) is 17.1 Å². The third kappa shape index (κ3) is 5.49. The summed E-state index contributed by atoms with van der Waals surface area (Å²) in [7, 11) is 4.94. The van der Waals surface area contributed by atoms with Crippen molar-refractivity contribution in [1.82, 2.24) is 19.0 Å². The van der Waals surface area contributed by atoms with Gasteiger partial charge in [0.1, 0.15) is 17.1 Å². The molecule has 0 unspecified atom stereocenters. The van der Waals surface area contributed by atoms with E-state index in [-0.39, 0.29) is 41.8 Å². The first kappa shape index (κ1) is 26.7. The zero-order valence-corrected chi connectivity index (χ0v) is 21.4. The minimum absolute atomic E-state index is 0.0330. The van der Waals surface area contributed by atoms with Crippen molar-refractivity contribution in [2.24, 2.45) is 26.9 Å². The molecular weight excluding hydrogens is 506 g/mol. The number of carbonyl (C=O) groups excluding carboxylic acids is 3. The predicted molar refractivity (Wildman–Crippen MR) is 145 cm³/mol. The number of aromatic nitrogens is 3. The van der Waals surface area contributed by atoms with Crippen molar-refractivity contribution in [2.45, 2.75) is 6.42 Å². The van der Waals surface area contributed by atoms with E-state index in [1.165, 1.54) is 28.8 Å². The van der Waals surface area contributed by atoms with Gasteiger partial charge in [0, 0.05) is 52.6 Å². The minimum Gasteiger partial charge on any atom is -0.388 e. The second-order valence-corrected chi connectivity index (χ2v) is 8.94. The molecular formula is C25H27N9O5. The SMILES string of the molecule is Cn1cc(NC(=O)c2cc(NC(=O)c3cc4c([N+](=O)[O-])cccc4n3C)cn2C)cc1C(=O)NCCC(=N)N. The van der Waals surface area contributed by atoms with Gasteiger partial charge in [-0.3, -0.25) is 29.9 Å². The van der Waals surface area contributed by atoms with Crippen LogP contribution in [0.3, 0.4) is 0 Å². The van der Waals surface area contributed by atoms with Gasteiger partial charge >= 0.3 is 0 Å². The fourth-order valence-electron chi connectivity index (χ4n) is 4.23. The third-order valence-electron chi connectivity index (χ3n) is 6.16. The number of amidine groups is 1. The van der Waals surface area contributed by atoms with Crippen molar-refractivity contribution in [3.05, 3.63) is 76.0 Å². The Balaban J connectivity index is 1.47. The highest BCUT2D eigenvalue weighted by atomic mass is 16.6. The van der Waals surface area contributed by atoms with Crippen LogP contribution >= 0.6 is 0 Å². The summed E-state index contributed by atoms with van der Waals surface area (Å²) in [5, 5.41) is 27.1. The van der Waals surface area contributed by atoms with Gasteiger partial charge in [0.15, 0.2) is 0 Å². The first-order valence-corrected chi connectivity index (χ1v) is 11.8. The molecule has 0 radical (unpaired) electrons. The number of nitrogens with two attached hydrogens (primary N) is 1. The van der Waals surface area contributed by atoms with Crippen LogP contribution in [0.15, 0.2) is 48.8 Å². The second kappa shape index (κ2) is 10.5. The van der Waals surface area contributed by atoms with Gasteiger partial charge in [0.2, 0.25) is 0 Å². The fourth-order valence-corrected chi connectivity index (χ4v) is 4.23. The van der Waals surface area contributed by atoms with E-state index in [4.69, 9.17) is 11.1 Å². The van der Waals surface area contributed by atoms with E-state index >= 15 is 0 Å². The number of benzene rings is 1. The molecule has 0 atom stereocenters. The molecule has 3 heterocycles. The molecule has 0 aliphatic carbocycles. The number of hydrogen-bond acceptors (Lipinski definition) is 6. The van der Waals surface area contributed by atoms with Crippen LogP contribution in [-0.4, -0.2) is 48.7 Å². The molecule has 39 heavy (non-hydrogen) atoms. The number of fused-ring (bicyclic) bond motifs is 1. The maximum atomic E-state index is 13.0. The first-order valence-electron chi connectivity index (χ1n) is 11.8. The number of nitrogens with zero attached hydrogens (tertiary/aromatic N) is 4. The second-order valence-electron chi connectivity index (χ2n) is 8.94. The molecule has 0 aliphatic heterocycles. The summed E-state index contributed by atoms with van der Waals surface area (Å²) in [5.41, 5.74) is 7.25. The molecule has 14 heteroatoms. The maximum absolute atomic E-state index is 13.0. The summed E-state index contributed by atoms with van der Waals surface area (Å²) in [6, 6.07) is 9.10. The van der Waals surface area contributed by atoms with Gasteiger partial charge in [-0.15, -0.1) is 0 Å². The van der Waals surface area contributed by atoms with E-state index in [1.54, 1.807) is 54.8 Å². The number of anilines is 2. The van der Waals surface area contributed by atoms with Gasteiger partial charge in [-0.05, 0) is 24.3 Å². The number of nitro benzene ring substituents is 1. The molecule has 6 N–H and O–H groups in total. The highest BCUT2D eigenvalue weighted by molar-refractivity contribution is 6.09. The van der Waals surface area contributed by atoms with E-state index in [0.29, 0.717) is 28.0 Å². The van der Waals surface area contributed by atoms with Crippen LogP contribution in [0.1, 0.15) is 37.9 Å². The fraction of sp³-hybridized carbons (Fsp3) is 0.200. The first-order chi connectivity index (χ1) is 18.5. The van der Waals surface area contributed by atoms with Crippen LogP contribution in [-0.2, 0) is 21.1 Å². The van der Waals surface area contributed by atoms with E-state index in [9.17, 15) is 24.5 Å². The Morgan fingerprint density at radius 3 is 2.05 bits per heavy atom. The molecule has 4 aromatic rings. The lowest BCUT2D eigenvalue weighted by Crippen LogP contribution is -2.28. The van der Waals surface area contributed by atoms with Gasteiger partial charge in [0.05, 0.1) is 33.0 Å². The average Bonchev–Trinajstić information content (AvgIpc) is 3.53. The molecule has 0 aliphatic rings. The lowest BCUT2D eigenvalue weighted by molar-refractivity contribution is -0.383. The summed E-state index contributed by atoms with van der Waals surface area (Å²) >= 11 is 0. The van der Waals surface area contributed by atoms with Gasteiger partial charge in [-0.1, -0.05) is 6.07 Å². The Kier molecular flexibility index (Phi) is 7.20. The number of nitrogens with one attached hydrogen (secondary N) is 4. The Morgan fingerprint density at radius 2 is 1.49 bits per heavy atom. The highest BCUT2D eigenvalue weighted by Gasteiger charge is 2.21. The van der Waals surface area contributed by atoms with Crippen LogP contribution in [0.2, 0.25) is 0 Å². The van der Waals surface area contributed by atoms with Crippen molar-refractivity contribution in [3.8, 4) is 0 Å². The van der Waals surface area contributed by atoms with E-state index < -0.39 is 16.7 Å². The normalized spacial score (nSPS) is 10.8. The molecule has 0 spiro atoms. The zero-order valence-electron chi connectivity index (χ0n) is 21.4. The standard InChI is InChI=1S/C25H27N9O5/c1-31-12-14(9-19(31)23(35)28-8-7-22(26)27)29-24(36)20-10-15(13-32(20)2)30-25(37)21-11-16-17(33(21)3)5-4-6-18(16)34(38)39/h4-6,9-13H,7-8H2,1-3H3,(H3,26,27)(H,28,35)(H,29,36)(H,30,37). The van der Waals surface area contributed by atoms with Gasteiger partial charge in [0.25, 0.3) is 23.4 Å². The van der Waals surface area contributed by atoms with Crippen LogP contribution < -0.4 is 21.7 Å². The molecule has 0 fully saturated rings. The predicted octanol–water partition coefficient (Wildman–Crippen LogP) is 2.32. The summed E-state index contributed by atoms with van der Waals surface area (Å²) < 4.78 is 4.66. The van der Waals surface area contributed by atoms with Gasteiger partial charge in [-0.25, -0.2) is 0 Å². The number of non-ortho nitro benzene ring substituents is 1. The number of carbonyl (C=O) groups is 3. The number of nitro groups is 1. The van der Waals surface area contributed by atoms with Crippen molar-refractivity contribution in [2.75, 3.05) is 17.2 Å². The summed E-state index contributed by atoms with van der Waals surface area (Å²) in [6.45, 7) is 0.217. The number of aryl methyl sites for hydroxylation is 3. The number of amides is 3. The van der Waals surface area contributed by atoms with Crippen LogP contribution in [0.5, 0.6) is 0 Å². The quantitative estimate of drug-likeness (QED) is 0.0947. The van der Waals surface area contributed by atoms with Crippen molar-refractivity contribution in [1.29, 1.82) is 5.41 Å². The van der Waals surface area contributed by atoms with Crippen LogP contribution in [0, 0.1) is 15.5 Å². The Morgan fingerprint density at radius 1 is 0.923 bits per heavy atom. The molecule has 3 aromatic heterocycles. The Hall–Kier alpha value is -5.40. The smallest absolute Gasteiger partial charge is 0.278 e. The van der Waals surface area contributed by atoms with E-state index in [0.717, 1.165) is 0 Å². The zero-order chi connectivity index (χ0) is 28.4. The average molecular weight is 534 g/mol. The lowest BCUT2D eigenvalue weighted by atomic mass is 10.2. The molecule has 3 amide bonds. The van der Waals surface area contributed by atoms with Crippen molar-refractivity contribution < 1.29 is 19.3 Å². The molecule has 0 bridgehead atoms. The molecule has 1 aromatic carbocycles. The maximum Gasteiger partial charge on any atom is 0.278 e. The number of rotatable bonds is 9. The monoisotopic (exact) mass is 533 g/mol. The third-order valence-corrected chi connectivity index (χ3v) is 6.16. The molecule has 4 rings (SSSR count). The van der Waals surface area contributed by atoms with E-state index in [2.05, 4.69) is 16.0 Å².